The van der Waals surface area contributed by atoms with E-state index >= 15 is 0 Å². The first-order valence-electron chi connectivity index (χ1n) is 7.69. The van der Waals surface area contributed by atoms with E-state index in [1.165, 1.54) is 0 Å². The highest BCUT2D eigenvalue weighted by atomic mass is 35.5. The van der Waals surface area contributed by atoms with E-state index in [9.17, 15) is 9.59 Å². The maximum atomic E-state index is 12.1. The first-order chi connectivity index (χ1) is 11.1. The number of hydrogen-bond donors (Lipinski definition) is 1. The van der Waals surface area contributed by atoms with Crippen LogP contribution in [0.2, 0.25) is 5.02 Å². The number of amides is 1. The average molecular weight is 340 g/mol. The van der Waals surface area contributed by atoms with Crippen LogP contribution in [0, 0.1) is 0 Å². The van der Waals surface area contributed by atoms with Crippen molar-refractivity contribution in [3.8, 4) is 5.75 Å². The Kier molecular flexibility index (Phi) is 5.15. The molecular formula is C16H18ClNO5. The zero-order chi connectivity index (χ0) is 16.2. The van der Waals surface area contributed by atoms with Gasteiger partial charge < -0.3 is 19.5 Å². The zero-order valence-electron chi connectivity index (χ0n) is 12.5. The number of halogens is 1. The summed E-state index contributed by atoms with van der Waals surface area (Å²) < 4.78 is 15.9. The Labute approximate surface area is 139 Å². The predicted molar refractivity (Wildman–Crippen MR) is 83.7 cm³/mol. The smallest absolute Gasteiger partial charge is 0.340 e. The number of carbonyl (C=O) groups excluding carboxylic acids is 2. The minimum absolute atomic E-state index is 0.185. The van der Waals surface area contributed by atoms with Gasteiger partial charge in [-0.15, -0.1) is 0 Å². The molecule has 23 heavy (non-hydrogen) atoms. The molecule has 3 rings (SSSR count). The molecule has 0 spiro atoms. The van der Waals surface area contributed by atoms with Crippen molar-refractivity contribution in [1.82, 2.24) is 0 Å². The van der Waals surface area contributed by atoms with Crippen LogP contribution in [0.3, 0.4) is 0 Å². The van der Waals surface area contributed by atoms with Crippen molar-refractivity contribution in [1.29, 1.82) is 0 Å². The normalized spacial score (nSPS) is 23.7. The predicted octanol–water partition coefficient (Wildman–Crippen LogP) is 2.54. The van der Waals surface area contributed by atoms with Gasteiger partial charge in [0.25, 0.3) is 5.91 Å². The number of esters is 1. The Balaban J connectivity index is 1.67. The second-order valence-corrected chi connectivity index (χ2v) is 5.91. The van der Waals surface area contributed by atoms with Gasteiger partial charge in [-0.1, -0.05) is 17.7 Å². The summed E-state index contributed by atoms with van der Waals surface area (Å²) in [6, 6.07) is 4.89. The molecule has 1 aromatic rings. The van der Waals surface area contributed by atoms with Gasteiger partial charge in [0.1, 0.15) is 11.1 Å². The number of nitrogens with one attached hydrogen (secondary N) is 1. The fourth-order valence-corrected chi connectivity index (χ4v) is 2.83. The third-order valence-electron chi connectivity index (χ3n) is 3.85. The van der Waals surface area contributed by atoms with Crippen molar-refractivity contribution in [2.45, 2.75) is 37.9 Å². The molecule has 0 saturated carbocycles. The summed E-state index contributed by atoms with van der Waals surface area (Å²) in [6.45, 7) is 1.15. The van der Waals surface area contributed by atoms with E-state index in [1.54, 1.807) is 18.2 Å². The van der Waals surface area contributed by atoms with Crippen LogP contribution in [0.15, 0.2) is 18.2 Å². The van der Waals surface area contributed by atoms with Gasteiger partial charge >= 0.3 is 5.97 Å². The summed E-state index contributed by atoms with van der Waals surface area (Å²) in [5.41, 5.74) is 0.393. The number of ether oxygens (including phenoxy) is 3. The molecule has 7 heteroatoms. The minimum Gasteiger partial charge on any atom is -0.423 e. The van der Waals surface area contributed by atoms with E-state index in [0.717, 1.165) is 12.8 Å². The molecule has 6 nitrogen and oxygen atoms in total. The van der Waals surface area contributed by atoms with Crippen LogP contribution in [-0.2, 0) is 19.1 Å². The topological polar surface area (TPSA) is 73.9 Å². The molecule has 124 valence electrons. The average Bonchev–Trinajstić information content (AvgIpc) is 3.24. The summed E-state index contributed by atoms with van der Waals surface area (Å²) in [6.07, 6.45) is 2.04. The van der Waals surface area contributed by atoms with E-state index in [0.29, 0.717) is 31.7 Å². The van der Waals surface area contributed by atoms with Crippen LogP contribution < -0.4 is 10.1 Å². The largest absolute Gasteiger partial charge is 0.423 e. The van der Waals surface area contributed by atoms with Crippen LogP contribution in [0.4, 0.5) is 5.69 Å². The van der Waals surface area contributed by atoms with E-state index < -0.39 is 18.2 Å². The highest BCUT2D eigenvalue weighted by Crippen LogP contribution is 2.33. The minimum atomic E-state index is -0.545. The molecule has 2 aliphatic heterocycles. The van der Waals surface area contributed by atoms with Gasteiger partial charge in [0.2, 0.25) is 0 Å². The van der Waals surface area contributed by atoms with Gasteiger partial charge in [-0.2, -0.15) is 0 Å². The third-order valence-corrected chi connectivity index (χ3v) is 4.24. The lowest BCUT2D eigenvalue weighted by atomic mass is 10.2. The molecule has 0 unspecified atom stereocenters. The second-order valence-electron chi connectivity index (χ2n) is 5.53. The highest BCUT2D eigenvalue weighted by Gasteiger charge is 2.27. The van der Waals surface area contributed by atoms with Crippen LogP contribution in [0.5, 0.6) is 5.75 Å². The summed E-state index contributed by atoms with van der Waals surface area (Å²) in [7, 11) is 0. The Morgan fingerprint density at radius 2 is 1.83 bits per heavy atom. The molecule has 2 atom stereocenters. The second kappa shape index (κ2) is 7.29. The van der Waals surface area contributed by atoms with Gasteiger partial charge in [0, 0.05) is 13.2 Å². The highest BCUT2D eigenvalue weighted by molar-refractivity contribution is 6.35. The number of hydrogen-bond acceptors (Lipinski definition) is 5. The van der Waals surface area contributed by atoms with E-state index in [2.05, 4.69) is 5.32 Å². The van der Waals surface area contributed by atoms with Gasteiger partial charge in [-0.3, -0.25) is 4.79 Å². The Morgan fingerprint density at radius 1 is 1.13 bits per heavy atom. The van der Waals surface area contributed by atoms with Crippen molar-refractivity contribution in [3.05, 3.63) is 23.2 Å². The molecule has 2 saturated heterocycles. The molecule has 0 aromatic heterocycles. The molecular weight excluding hydrogens is 322 g/mol. The van der Waals surface area contributed by atoms with Gasteiger partial charge in [-0.05, 0) is 37.8 Å². The SMILES string of the molecule is O=C(Nc1cccc(OC(=O)[C@@H]2CCCO2)c1Cl)[C@@H]1CCCO1. The lowest BCUT2D eigenvalue weighted by Gasteiger charge is -2.14. The Bertz CT molecular complexity index is 546. The molecule has 2 aliphatic rings. The van der Waals surface area contributed by atoms with E-state index in [4.69, 9.17) is 25.8 Å². The van der Waals surface area contributed by atoms with Crippen molar-refractivity contribution >= 4 is 29.2 Å². The van der Waals surface area contributed by atoms with Crippen molar-refractivity contribution in [2.24, 2.45) is 0 Å². The molecule has 0 bridgehead atoms. The molecule has 2 heterocycles. The van der Waals surface area contributed by atoms with Gasteiger partial charge in [0.15, 0.2) is 11.9 Å². The molecule has 0 aliphatic carbocycles. The van der Waals surface area contributed by atoms with Gasteiger partial charge in [-0.25, -0.2) is 4.79 Å². The molecule has 1 amide bonds. The molecule has 1 N–H and O–H groups in total. The van der Waals surface area contributed by atoms with E-state index in [1.807, 2.05) is 0 Å². The fraction of sp³-hybridized carbons (Fsp3) is 0.500. The van der Waals surface area contributed by atoms with Crippen LogP contribution in [-0.4, -0.2) is 37.3 Å². The number of anilines is 1. The van der Waals surface area contributed by atoms with Crippen LogP contribution in [0.1, 0.15) is 25.7 Å². The summed E-state index contributed by atoms with van der Waals surface area (Å²) in [5, 5.41) is 2.90. The molecule has 2 fully saturated rings. The maximum Gasteiger partial charge on any atom is 0.340 e. The Morgan fingerprint density at radius 3 is 2.48 bits per heavy atom. The Hall–Kier alpha value is -1.63. The fourth-order valence-electron chi connectivity index (χ4n) is 2.62. The number of benzene rings is 1. The lowest BCUT2D eigenvalue weighted by Crippen LogP contribution is -2.27. The quantitative estimate of drug-likeness (QED) is 0.674. The third kappa shape index (κ3) is 3.83. The summed E-state index contributed by atoms with van der Waals surface area (Å²) >= 11 is 6.24. The standard InChI is InChI=1S/C16H18ClNO5/c17-14-10(18-15(19)12-6-2-8-21-12)4-1-5-11(14)23-16(20)13-7-3-9-22-13/h1,4-5,12-13H,2-3,6-9H2,(H,18,19)/t12-,13-/m0/s1. The van der Waals surface area contributed by atoms with Crippen molar-refractivity contribution < 1.29 is 23.8 Å². The zero-order valence-corrected chi connectivity index (χ0v) is 13.3. The van der Waals surface area contributed by atoms with Crippen LogP contribution in [0.25, 0.3) is 0 Å². The summed E-state index contributed by atoms with van der Waals surface area (Å²) in [4.78, 5) is 24.1. The first kappa shape index (κ1) is 16.2. The first-order valence-corrected chi connectivity index (χ1v) is 8.07. The van der Waals surface area contributed by atoms with Gasteiger partial charge in [0.05, 0.1) is 5.69 Å². The monoisotopic (exact) mass is 339 g/mol. The maximum absolute atomic E-state index is 12.1. The van der Waals surface area contributed by atoms with E-state index in [-0.39, 0.29) is 16.7 Å². The number of carbonyl (C=O) groups is 2. The van der Waals surface area contributed by atoms with Crippen molar-refractivity contribution in [3.63, 3.8) is 0 Å². The molecule has 0 radical (unpaired) electrons. The summed E-state index contributed by atoms with van der Waals surface area (Å²) in [5.74, 6) is -0.503. The lowest BCUT2D eigenvalue weighted by molar-refractivity contribution is -0.144. The van der Waals surface area contributed by atoms with Crippen LogP contribution >= 0.6 is 11.6 Å². The molecule has 1 aromatic carbocycles. The van der Waals surface area contributed by atoms with Crippen molar-refractivity contribution in [2.75, 3.05) is 18.5 Å². The number of rotatable bonds is 4.